The summed E-state index contributed by atoms with van der Waals surface area (Å²) in [6.07, 6.45) is 7.09. The fourth-order valence-corrected chi connectivity index (χ4v) is 9.84. The molecule has 0 aliphatic heterocycles. The zero-order valence-corrected chi connectivity index (χ0v) is 18.1. The average molecular weight is 368 g/mol. The summed E-state index contributed by atoms with van der Waals surface area (Å²) in [5, 5.41) is 9.53. The number of hydrogen-bond acceptors (Lipinski definition) is 2. The summed E-state index contributed by atoms with van der Waals surface area (Å²) >= 11 is 0. The van der Waals surface area contributed by atoms with Crippen molar-refractivity contribution in [3.05, 3.63) is 59.9 Å². The van der Waals surface area contributed by atoms with E-state index in [9.17, 15) is 5.26 Å². The molecule has 1 aromatic carbocycles. The summed E-state index contributed by atoms with van der Waals surface area (Å²) in [6, 6.07) is 12.9. The van der Waals surface area contributed by atoms with Crippen LogP contribution < -0.4 is 0 Å². The van der Waals surface area contributed by atoms with Gasteiger partial charge in [-0.1, -0.05) is 84.0 Å². The van der Waals surface area contributed by atoms with Gasteiger partial charge in [-0.2, -0.15) is 5.26 Å². The molecule has 0 spiro atoms. The van der Waals surface area contributed by atoms with Crippen molar-refractivity contribution in [2.75, 3.05) is 0 Å². The van der Waals surface area contributed by atoms with Crippen molar-refractivity contribution in [1.29, 1.82) is 5.26 Å². The van der Waals surface area contributed by atoms with Gasteiger partial charge in [0.2, 0.25) is 0 Å². The first-order valence-electron chi connectivity index (χ1n) is 9.83. The molecule has 140 valence electrons. The van der Waals surface area contributed by atoms with Gasteiger partial charge in [-0.3, -0.25) is 0 Å². The van der Waals surface area contributed by atoms with Crippen LogP contribution in [0.4, 0.5) is 0 Å². The maximum absolute atomic E-state index is 9.53. The summed E-state index contributed by atoms with van der Waals surface area (Å²) in [5.41, 5.74) is 2.85. The molecule has 2 unspecified atom stereocenters. The Bertz CT molecular complexity index is 660. The molecular formula is C23H33NOSi. The average Bonchev–Trinajstić information content (AvgIpc) is 2.81. The molecule has 1 aliphatic rings. The highest BCUT2D eigenvalue weighted by Crippen LogP contribution is 2.45. The van der Waals surface area contributed by atoms with Gasteiger partial charge in [0.25, 0.3) is 8.32 Å². The second-order valence-corrected chi connectivity index (χ2v) is 13.7. The van der Waals surface area contributed by atoms with Crippen LogP contribution in [0.25, 0.3) is 0 Å². The van der Waals surface area contributed by atoms with E-state index < -0.39 is 8.32 Å². The summed E-state index contributed by atoms with van der Waals surface area (Å²) in [5.74, 6) is 1.06. The van der Waals surface area contributed by atoms with Crippen LogP contribution in [0.15, 0.2) is 54.3 Å². The second-order valence-electron chi connectivity index (χ2n) is 8.31. The van der Waals surface area contributed by atoms with Crippen LogP contribution in [0.3, 0.4) is 0 Å². The van der Waals surface area contributed by atoms with E-state index in [1.54, 1.807) is 0 Å². The van der Waals surface area contributed by atoms with Gasteiger partial charge in [-0.15, -0.1) is 0 Å². The van der Waals surface area contributed by atoms with Crippen molar-refractivity contribution in [2.24, 2.45) is 5.92 Å². The minimum atomic E-state index is -2.02. The molecule has 2 nitrogen and oxygen atoms in total. The Labute approximate surface area is 160 Å². The van der Waals surface area contributed by atoms with Crippen LogP contribution in [-0.2, 0) is 4.43 Å². The summed E-state index contributed by atoms with van der Waals surface area (Å²) in [6.45, 7) is 13.8. The standard InChI is InChI=1S/C23H33NOSi/c1-17(2)26(18(3)4,19(5)6)25-23-14-20(16-24)12-13-22(15-23)21-10-8-7-9-11-21/h7-14,17-20,22H,15H2,1-6H3. The van der Waals surface area contributed by atoms with E-state index in [4.69, 9.17) is 4.43 Å². The molecule has 0 amide bonds. The van der Waals surface area contributed by atoms with E-state index in [1.165, 1.54) is 5.56 Å². The third kappa shape index (κ3) is 4.30. The molecule has 0 saturated carbocycles. The van der Waals surface area contributed by atoms with Crippen LogP contribution in [0.1, 0.15) is 59.4 Å². The molecule has 0 aromatic heterocycles. The van der Waals surface area contributed by atoms with Gasteiger partial charge in [-0.05, 0) is 28.3 Å². The number of rotatable bonds is 6. The maximum Gasteiger partial charge on any atom is 0.258 e. The van der Waals surface area contributed by atoms with Crippen LogP contribution in [0, 0.1) is 17.2 Å². The maximum atomic E-state index is 9.53. The smallest absolute Gasteiger partial charge is 0.258 e. The Hall–Kier alpha value is -1.79. The first-order valence-corrected chi connectivity index (χ1v) is 12.0. The van der Waals surface area contributed by atoms with Crippen LogP contribution in [0.5, 0.6) is 0 Å². The normalized spacial score (nSPS) is 20.8. The van der Waals surface area contributed by atoms with Gasteiger partial charge >= 0.3 is 0 Å². The summed E-state index contributed by atoms with van der Waals surface area (Å²) in [7, 11) is -2.02. The lowest BCUT2D eigenvalue weighted by Gasteiger charge is -2.43. The Morgan fingerprint density at radius 1 is 0.962 bits per heavy atom. The molecule has 1 aliphatic carbocycles. The fourth-order valence-electron chi connectivity index (χ4n) is 4.53. The number of allylic oxidation sites excluding steroid dienone is 4. The van der Waals surface area contributed by atoms with Gasteiger partial charge in [0.05, 0.1) is 17.7 Å². The fraction of sp³-hybridized carbons (Fsp3) is 0.522. The largest absolute Gasteiger partial charge is 0.546 e. The minimum absolute atomic E-state index is 0.211. The second kappa shape index (κ2) is 8.73. The molecule has 2 rings (SSSR count). The molecule has 2 atom stereocenters. The lowest BCUT2D eigenvalue weighted by Crippen LogP contribution is -2.47. The predicted molar refractivity (Wildman–Crippen MR) is 112 cm³/mol. The zero-order valence-electron chi connectivity index (χ0n) is 17.1. The highest BCUT2D eigenvalue weighted by Gasteiger charge is 2.47. The topological polar surface area (TPSA) is 33.0 Å². The third-order valence-corrected chi connectivity index (χ3v) is 11.8. The molecule has 3 heteroatoms. The van der Waals surface area contributed by atoms with Gasteiger partial charge in [-0.25, -0.2) is 0 Å². The van der Waals surface area contributed by atoms with Crippen molar-refractivity contribution in [2.45, 2.75) is 70.5 Å². The van der Waals surface area contributed by atoms with Crippen molar-refractivity contribution in [3.8, 4) is 6.07 Å². The van der Waals surface area contributed by atoms with Crippen molar-refractivity contribution >= 4 is 8.32 Å². The first kappa shape index (κ1) is 20.5. The van der Waals surface area contributed by atoms with Crippen molar-refractivity contribution < 1.29 is 4.43 Å². The Morgan fingerprint density at radius 2 is 1.54 bits per heavy atom. The highest BCUT2D eigenvalue weighted by atomic mass is 28.4. The molecule has 0 fully saturated rings. The molecule has 0 radical (unpaired) electrons. The third-order valence-electron chi connectivity index (χ3n) is 5.73. The van der Waals surface area contributed by atoms with Crippen molar-refractivity contribution in [1.82, 2.24) is 0 Å². The molecular weight excluding hydrogens is 334 g/mol. The van der Waals surface area contributed by atoms with Crippen LogP contribution in [0.2, 0.25) is 16.6 Å². The Balaban J connectivity index is 2.39. The minimum Gasteiger partial charge on any atom is -0.546 e. The van der Waals surface area contributed by atoms with E-state index >= 15 is 0 Å². The Kier molecular flexibility index (Phi) is 6.89. The number of nitrogens with zero attached hydrogens (tertiary/aromatic N) is 1. The predicted octanol–water partition coefficient (Wildman–Crippen LogP) is 6.95. The molecule has 1 aromatic rings. The van der Waals surface area contributed by atoms with E-state index in [0.717, 1.165) is 12.2 Å². The van der Waals surface area contributed by atoms with Crippen LogP contribution in [-0.4, -0.2) is 8.32 Å². The highest BCUT2D eigenvalue weighted by molar-refractivity contribution is 6.77. The van der Waals surface area contributed by atoms with E-state index in [0.29, 0.717) is 16.6 Å². The number of hydrogen-bond donors (Lipinski definition) is 0. The Morgan fingerprint density at radius 3 is 2.04 bits per heavy atom. The van der Waals surface area contributed by atoms with Gasteiger partial charge in [0.1, 0.15) is 0 Å². The van der Waals surface area contributed by atoms with Gasteiger partial charge in [0, 0.05) is 12.3 Å². The SMILES string of the molecule is CC(C)[Si](OC1=CC(C#N)C=CC(c2ccccc2)C1)(C(C)C)C(C)C. The van der Waals surface area contributed by atoms with Gasteiger partial charge < -0.3 is 4.43 Å². The number of nitriles is 1. The lowest BCUT2D eigenvalue weighted by molar-refractivity contribution is 0.349. The van der Waals surface area contributed by atoms with Crippen LogP contribution >= 0.6 is 0 Å². The quantitative estimate of drug-likeness (QED) is 0.403. The zero-order chi connectivity index (χ0) is 19.3. The monoisotopic (exact) mass is 367 g/mol. The molecule has 0 bridgehead atoms. The summed E-state index contributed by atoms with van der Waals surface area (Å²) in [4.78, 5) is 0. The lowest BCUT2D eigenvalue weighted by atomic mass is 9.95. The molecule has 0 N–H and O–H groups in total. The van der Waals surface area contributed by atoms with Crippen molar-refractivity contribution in [3.63, 3.8) is 0 Å². The summed E-state index contributed by atoms with van der Waals surface area (Å²) < 4.78 is 6.94. The van der Waals surface area contributed by atoms with E-state index in [2.05, 4.69) is 78.0 Å². The first-order chi connectivity index (χ1) is 12.3. The molecule has 26 heavy (non-hydrogen) atoms. The van der Waals surface area contributed by atoms with E-state index in [1.807, 2.05) is 18.2 Å². The van der Waals surface area contributed by atoms with E-state index in [-0.39, 0.29) is 11.8 Å². The molecule has 0 saturated heterocycles. The van der Waals surface area contributed by atoms with Gasteiger partial charge in [0.15, 0.2) is 0 Å². The molecule has 0 heterocycles. The number of benzene rings is 1.